The van der Waals surface area contributed by atoms with Gasteiger partial charge in [-0.3, -0.25) is 5.43 Å². The van der Waals surface area contributed by atoms with Crippen molar-refractivity contribution in [3.05, 3.63) is 64.4 Å². The molecule has 6 heteroatoms. The summed E-state index contributed by atoms with van der Waals surface area (Å²) in [4.78, 5) is 0. The highest BCUT2D eigenvalue weighted by Crippen LogP contribution is 2.23. The number of hydrazone groups is 1. The van der Waals surface area contributed by atoms with E-state index in [2.05, 4.69) is 10.5 Å². The molecule has 0 aliphatic rings. The Morgan fingerprint density at radius 3 is 2.42 bits per heavy atom. The quantitative estimate of drug-likeness (QED) is 0.388. The van der Waals surface area contributed by atoms with Crippen LogP contribution in [0.25, 0.3) is 0 Å². The largest absolute Gasteiger partial charge is 0.279 e. The molecule has 0 fully saturated rings. The predicted octanol–water partition coefficient (Wildman–Crippen LogP) is 4.20. The molecule has 0 spiro atoms. The summed E-state index contributed by atoms with van der Waals surface area (Å²) < 4.78 is 39.8. The first-order chi connectivity index (χ1) is 9.09. The molecule has 0 aliphatic heterocycles. The Morgan fingerprint density at radius 1 is 1.05 bits per heavy atom. The molecule has 98 valence electrons. The third kappa shape index (κ3) is 3.06. The van der Waals surface area contributed by atoms with Crippen LogP contribution in [0.4, 0.5) is 18.9 Å². The van der Waals surface area contributed by atoms with E-state index in [1.165, 1.54) is 0 Å². The van der Waals surface area contributed by atoms with Gasteiger partial charge in [0.1, 0.15) is 16.7 Å². The monoisotopic (exact) mass is 284 g/mol. The van der Waals surface area contributed by atoms with E-state index in [0.717, 1.165) is 6.21 Å². The molecule has 0 aromatic heterocycles. The lowest BCUT2D eigenvalue weighted by Crippen LogP contribution is -1.99. The standard InChI is InChI=1S/C13H8ClF3N2/c14-12-11(16)6-10(15)9(13(12)17)7-18-19-8-4-2-1-3-5-8/h1-7,19H. The van der Waals surface area contributed by atoms with Crippen LogP contribution in [0.3, 0.4) is 0 Å². The van der Waals surface area contributed by atoms with Crippen LogP contribution in [0.1, 0.15) is 5.56 Å². The molecule has 0 atom stereocenters. The third-order valence-electron chi connectivity index (χ3n) is 2.31. The smallest absolute Gasteiger partial charge is 0.156 e. The van der Waals surface area contributed by atoms with E-state index >= 15 is 0 Å². The van der Waals surface area contributed by atoms with E-state index in [9.17, 15) is 13.2 Å². The Hall–Kier alpha value is -2.01. The van der Waals surface area contributed by atoms with Crippen LogP contribution in [-0.2, 0) is 0 Å². The molecule has 0 unspecified atom stereocenters. The van der Waals surface area contributed by atoms with Crippen LogP contribution in [0.15, 0.2) is 41.5 Å². The molecule has 0 heterocycles. The van der Waals surface area contributed by atoms with Crippen LogP contribution in [0.5, 0.6) is 0 Å². The Morgan fingerprint density at radius 2 is 1.74 bits per heavy atom. The van der Waals surface area contributed by atoms with Gasteiger partial charge in [-0.2, -0.15) is 5.10 Å². The maximum absolute atomic E-state index is 13.5. The van der Waals surface area contributed by atoms with Gasteiger partial charge in [0.25, 0.3) is 0 Å². The first-order valence-corrected chi connectivity index (χ1v) is 5.64. The number of halogens is 4. The zero-order chi connectivity index (χ0) is 13.8. The minimum absolute atomic E-state index is 0.505. The molecular weight excluding hydrogens is 277 g/mol. The first kappa shape index (κ1) is 13.4. The lowest BCUT2D eigenvalue weighted by Gasteiger charge is -2.03. The number of anilines is 1. The van der Waals surface area contributed by atoms with Gasteiger partial charge in [0, 0.05) is 6.07 Å². The first-order valence-electron chi connectivity index (χ1n) is 5.26. The Labute approximate surface area is 112 Å². The topological polar surface area (TPSA) is 24.4 Å². The number of nitrogens with zero attached hydrogens (tertiary/aromatic N) is 1. The molecule has 2 aromatic rings. The van der Waals surface area contributed by atoms with Crippen molar-refractivity contribution in [2.24, 2.45) is 5.10 Å². The summed E-state index contributed by atoms with van der Waals surface area (Å²) in [7, 11) is 0. The van der Waals surface area contributed by atoms with Crippen molar-refractivity contribution in [1.82, 2.24) is 0 Å². The van der Waals surface area contributed by atoms with Crippen molar-refractivity contribution in [2.45, 2.75) is 0 Å². The van der Waals surface area contributed by atoms with Crippen molar-refractivity contribution >= 4 is 23.5 Å². The molecule has 0 aliphatic carbocycles. The van der Waals surface area contributed by atoms with Crippen molar-refractivity contribution in [3.8, 4) is 0 Å². The van der Waals surface area contributed by atoms with Crippen LogP contribution in [-0.4, -0.2) is 6.21 Å². The molecule has 1 N–H and O–H groups in total. The van der Waals surface area contributed by atoms with Gasteiger partial charge in [-0.1, -0.05) is 29.8 Å². The molecule has 0 saturated carbocycles. The van der Waals surface area contributed by atoms with Crippen LogP contribution >= 0.6 is 11.6 Å². The Kier molecular flexibility index (Phi) is 4.06. The Balaban J connectivity index is 2.22. The number of para-hydroxylation sites is 1. The summed E-state index contributed by atoms with van der Waals surface area (Å²) in [6, 6.07) is 9.31. The highest BCUT2D eigenvalue weighted by atomic mass is 35.5. The maximum Gasteiger partial charge on any atom is 0.156 e. The average Bonchev–Trinajstić information content (AvgIpc) is 2.41. The summed E-state index contributed by atoms with van der Waals surface area (Å²) >= 11 is 5.35. The SMILES string of the molecule is Fc1cc(F)c(C=NNc2ccccc2)c(F)c1Cl. The summed E-state index contributed by atoms with van der Waals surface area (Å²) in [5.41, 5.74) is 2.72. The van der Waals surface area contributed by atoms with E-state index in [1.807, 2.05) is 6.07 Å². The molecule has 0 radical (unpaired) electrons. The summed E-state index contributed by atoms with van der Waals surface area (Å²) in [5, 5.41) is 2.91. The van der Waals surface area contributed by atoms with Gasteiger partial charge in [0.2, 0.25) is 0 Å². The molecule has 0 bridgehead atoms. The number of hydrogen-bond acceptors (Lipinski definition) is 2. The van der Waals surface area contributed by atoms with Gasteiger partial charge in [0.15, 0.2) is 5.82 Å². The van der Waals surface area contributed by atoms with Gasteiger partial charge in [0.05, 0.1) is 17.5 Å². The van der Waals surface area contributed by atoms with Gasteiger partial charge in [-0.25, -0.2) is 13.2 Å². The molecular formula is C13H8ClF3N2. The number of nitrogens with one attached hydrogen (secondary N) is 1. The van der Waals surface area contributed by atoms with Crippen molar-refractivity contribution in [1.29, 1.82) is 0 Å². The fourth-order valence-corrected chi connectivity index (χ4v) is 1.54. The van der Waals surface area contributed by atoms with Crippen LogP contribution in [0, 0.1) is 17.5 Å². The highest BCUT2D eigenvalue weighted by Gasteiger charge is 2.15. The highest BCUT2D eigenvalue weighted by molar-refractivity contribution is 6.31. The van der Waals surface area contributed by atoms with Gasteiger partial charge < -0.3 is 0 Å². The van der Waals surface area contributed by atoms with E-state index in [1.54, 1.807) is 24.3 Å². The predicted molar refractivity (Wildman–Crippen MR) is 69.0 cm³/mol. The molecule has 0 saturated heterocycles. The van der Waals surface area contributed by atoms with Gasteiger partial charge in [-0.15, -0.1) is 0 Å². The molecule has 0 amide bonds. The number of rotatable bonds is 3. The average molecular weight is 285 g/mol. The zero-order valence-electron chi connectivity index (χ0n) is 9.50. The minimum Gasteiger partial charge on any atom is -0.279 e. The van der Waals surface area contributed by atoms with Crippen LogP contribution < -0.4 is 5.43 Å². The normalized spacial score (nSPS) is 10.9. The minimum atomic E-state index is -1.18. The van der Waals surface area contributed by atoms with E-state index in [-0.39, 0.29) is 0 Å². The number of hydrogen-bond donors (Lipinski definition) is 1. The Bertz CT molecular complexity index is 615. The van der Waals surface area contributed by atoms with Gasteiger partial charge >= 0.3 is 0 Å². The lowest BCUT2D eigenvalue weighted by atomic mass is 10.2. The third-order valence-corrected chi connectivity index (χ3v) is 2.66. The molecule has 2 aromatic carbocycles. The fourth-order valence-electron chi connectivity index (χ4n) is 1.38. The summed E-state index contributed by atoms with van der Waals surface area (Å²) in [5.74, 6) is -3.40. The van der Waals surface area contributed by atoms with Crippen LogP contribution in [0.2, 0.25) is 5.02 Å². The second kappa shape index (κ2) is 5.75. The summed E-state index contributed by atoms with van der Waals surface area (Å²) in [6.07, 6.45) is 0.906. The lowest BCUT2D eigenvalue weighted by molar-refractivity contribution is 0.542. The van der Waals surface area contributed by atoms with E-state index in [4.69, 9.17) is 11.6 Å². The van der Waals surface area contributed by atoms with Crippen molar-refractivity contribution in [2.75, 3.05) is 5.43 Å². The van der Waals surface area contributed by atoms with Gasteiger partial charge in [-0.05, 0) is 12.1 Å². The maximum atomic E-state index is 13.5. The van der Waals surface area contributed by atoms with E-state index in [0.29, 0.717) is 11.8 Å². The van der Waals surface area contributed by atoms with Crippen molar-refractivity contribution < 1.29 is 13.2 Å². The van der Waals surface area contributed by atoms with Crippen molar-refractivity contribution in [3.63, 3.8) is 0 Å². The molecule has 19 heavy (non-hydrogen) atoms. The van der Waals surface area contributed by atoms with E-state index < -0.39 is 28.0 Å². The number of benzene rings is 2. The summed E-state index contributed by atoms with van der Waals surface area (Å²) in [6.45, 7) is 0. The second-order valence-corrected chi connectivity index (χ2v) is 4.00. The zero-order valence-corrected chi connectivity index (χ0v) is 10.3. The molecule has 2 rings (SSSR count). The molecule has 2 nitrogen and oxygen atoms in total. The second-order valence-electron chi connectivity index (χ2n) is 3.62. The fraction of sp³-hybridized carbons (Fsp3) is 0.